The van der Waals surface area contributed by atoms with Gasteiger partial charge in [0.15, 0.2) is 47.4 Å². The quantitative estimate of drug-likeness (QED) is 0.0142. The molecule has 0 spiro atoms. The molecule has 0 radical (unpaired) electrons. The average molecular weight is 1690 g/mol. The minimum Gasteiger partial charge on any atom is -0.370 e. The molecule has 0 aliphatic carbocycles. The van der Waals surface area contributed by atoms with Gasteiger partial charge in [0, 0.05) is 71.7 Å². The Morgan fingerprint density at radius 2 is 0.647 bits per heavy atom. The summed E-state index contributed by atoms with van der Waals surface area (Å²) in [6, 6.07) is -7.27. The minimum atomic E-state index is -1.53. The first-order valence-corrected chi connectivity index (χ1v) is 40.4. The maximum atomic E-state index is 14.8. The molecule has 0 aliphatic rings. The summed E-state index contributed by atoms with van der Waals surface area (Å²) < 4.78 is 0. The van der Waals surface area contributed by atoms with E-state index in [9.17, 15) is 52.7 Å². The van der Waals surface area contributed by atoms with Gasteiger partial charge in [-0.3, -0.25) is 90.6 Å². The van der Waals surface area contributed by atoms with Gasteiger partial charge in [0.1, 0.15) is 65.9 Å². The van der Waals surface area contributed by atoms with E-state index in [1.54, 1.807) is 12.1 Å². The second-order valence-electron chi connectivity index (χ2n) is 27.8. The lowest BCUT2D eigenvalue weighted by Crippen LogP contribution is -2.60. The first-order valence-electron chi connectivity index (χ1n) is 39.5. The number of nitrogens with two attached hydrogens (primary N) is 9. The van der Waals surface area contributed by atoms with Crippen LogP contribution in [0.5, 0.6) is 0 Å². The number of fused-ring (bicyclic) bond motifs is 1. The number of hydrogen-bond donors (Lipinski definition) is 34. The van der Waals surface area contributed by atoms with Crippen LogP contribution in [0.2, 0.25) is 0 Å². The second-order valence-corrected chi connectivity index (χ2v) is 28.9. The predicted octanol–water partition coefficient (Wildman–Crippen LogP) is -6.62. The fraction of sp³-hybridized carbons (Fsp3) is 0.614. The van der Waals surface area contributed by atoms with Gasteiger partial charge in [0.25, 0.3) is 5.91 Å². The van der Waals surface area contributed by atoms with E-state index in [4.69, 9.17) is 89.5 Å². The van der Waals surface area contributed by atoms with E-state index in [0.29, 0.717) is 86.2 Å². The van der Waals surface area contributed by atoms with E-state index < -0.39 is 125 Å². The lowest BCUT2D eigenvalue weighted by Gasteiger charge is -2.28. The van der Waals surface area contributed by atoms with Crippen LogP contribution in [0.25, 0.3) is 21.7 Å². The van der Waals surface area contributed by atoms with Crippen molar-refractivity contribution in [2.75, 3.05) is 65.4 Å². The molecule has 8 atom stereocenters. The fourth-order valence-corrected chi connectivity index (χ4v) is 12.8. The van der Waals surface area contributed by atoms with Gasteiger partial charge in [-0.05, 0) is 154 Å². The van der Waals surface area contributed by atoms with E-state index in [2.05, 4.69) is 110 Å². The van der Waals surface area contributed by atoms with Gasteiger partial charge in [-0.15, -0.1) is 11.3 Å². The zero-order valence-electron chi connectivity index (χ0n) is 67.1. The minimum absolute atomic E-state index is 0.00514. The fourth-order valence-electron chi connectivity index (χ4n) is 11.9. The number of H-pyrrole nitrogens is 1. The topological polar surface area (TPSA) is 848 Å². The van der Waals surface area contributed by atoms with Crippen LogP contribution in [0.3, 0.4) is 0 Å². The molecule has 3 rings (SSSR count). The van der Waals surface area contributed by atoms with Crippen LogP contribution in [0.1, 0.15) is 170 Å². The number of carbonyl (C=O) groups excluding carboxylic acids is 11. The molecule has 0 saturated heterocycles. The third kappa shape index (κ3) is 43.7. The highest BCUT2D eigenvalue weighted by Crippen LogP contribution is 2.30. The number of guanidine groups is 7. The molecule has 49 heteroatoms. The molecule has 0 unspecified atom stereocenters. The third-order valence-corrected chi connectivity index (χ3v) is 19.1. The number of carbonyl (C=O) groups is 11. The van der Waals surface area contributed by atoms with Crippen molar-refractivity contribution in [1.82, 2.24) is 110 Å². The number of aromatic nitrogens is 4. The molecule has 48 nitrogen and oxygen atoms in total. The van der Waals surface area contributed by atoms with Crippen LogP contribution in [0.4, 0.5) is 0 Å². The second kappa shape index (κ2) is 57.3. The van der Waals surface area contributed by atoms with E-state index in [1.165, 1.54) is 24.0 Å². The van der Waals surface area contributed by atoms with Crippen LogP contribution in [-0.2, 0) is 47.9 Å². The maximum Gasteiger partial charge on any atom is 0.261 e. The van der Waals surface area contributed by atoms with Gasteiger partial charge in [-0.25, -0.2) is 15.0 Å². The summed E-state index contributed by atoms with van der Waals surface area (Å²) in [6.45, 7) is 1.35. The Bertz CT molecular complexity index is 3820. The number of thiophene rings is 1. The lowest BCUT2D eigenvalue weighted by molar-refractivity contribution is -0.136. The molecule has 43 N–H and O–H groups in total. The molecular formula is C70H125N37O11S. The van der Waals surface area contributed by atoms with E-state index in [1.807, 2.05) is 0 Å². The smallest absolute Gasteiger partial charge is 0.261 e. The lowest BCUT2D eigenvalue weighted by atomic mass is 10.0. The van der Waals surface area contributed by atoms with E-state index >= 15 is 0 Å². The summed E-state index contributed by atoms with van der Waals surface area (Å²) in [6.07, 6.45) is 7.12. The highest BCUT2D eigenvalue weighted by molar-refractivity contribution is 7.17. The first-order chi connectivity index (χ1) is 56.8. The monoisotopic (exact) mass is 1690 g/mol. The molecule has 3 aromatic rings. The number of imidazole rings is 1. The molecule has 0 saturated carbocycles. The summed E-state index contributed by atoms with van der Waals surface area (Å²) >= 11 is 1.27. The molecule has 0 bridgehead atoms. The average Bonchev–Trinajstić information content (AvgIpc) is 1.67. The zero-order valence-corrected chi connectivity index (χ0v) is 67.9. The largest absolute Gasteiger partial charge is 0.370 e. The Kier molecular flexibility index (Phi) is 48.4. The number of amides is 11. The van der Waals surface area contributed by atoms with Gasteiger partial charge in [0.2, 0.25) is 59.1 Å². The van der Waals surface area contributed by atoms with Crippen LogP contribution in [-0.4, -0.2) is 240 Å². The van der Waals surface area contributed by atoms with Crippen molar-refractivity contribution < 1.29 is 52.7 Å². The van der Waals surface area contributed by atoms with Crippen molar-refractivity contribution in [3.63, 3.8) is 0 Å². The number of primary amides is 1. The number of hydrogen-bond acceptors (Lipinski definition) is 23. The van der Waals surface area contributed by atoms with Crippen LogP contribution >= 0.6 is 11.3 Å². The SMILES string of the molecule is N=C(N)NCCC[C@@H](NC(=O)CCCCCNC(=O)c1ccc(-c2ncnc3[nH]cnc23)s1)C(=O)NCCCCCC(=O)N[C@H](CCCNC(=N)N)C(=O)N[C@H](CCCNC(=N)N)C(=O)N[C@H](CCCNC(=N)N)C(=O)N[C@H](CCCNC(=N)N)C(=O)N[C@H](CCCNC(=N)N)C(=O)N[C@H](CCCNC(=N)N)C(=O)N[C@H](CCCCN)C(N)=O. The number of aromatic amines is 1. The van der Waals surface area contributed by atoms with Gasteiger partial charge in [0.05, 0.1) is 16.1 Å². The Hall–Kier alpha value is -12.7. The predicted molar refractivity (Wildman–Crippen MR) is 449 cm³/mol. The summed E-state index contributed by atoms with van der Waals surface area (Å²) in [5, 5.41) is 99.2. The van der Waals surface area contributed by atoms with Gasteiger partial charge in [-0.1, -0.05) is 12.8 Å². The van der Waals surface area contributed by atoms with Crippen molar-refractivity contribution in [2.45, 2.75) is 209 Å². The van der Waals surface area contributed by atoms with Crippen molar-refractivity contribution >= 4 is 129 Å². The number of nitrogens with one attached hydrogen (secondary N) is 25. The highest BCUT2D eigenvalue weighted by atomic mass is 32.1. The Morgan fingerprint density at radius 1 is 0.336 bits per heavy atom. The molecule has 0 fully saturated rings. The van der Waals surface area contributed by atoms with Gasteiger partial charge >= 0.3 is 0 Å². The maximum absolute atomic E-state index is 14.8. The van der Waals surface area contributed by atoms with Crippen molar-refractivity contribution in [1.29, 1.82) is 37.9 Å². The third-order valence-electron chi connectivity index (χ3n) is 18.0. The Labute approximate surface area is 693 Å². The Balaban J connectivity index is 1.80. The summed E-state index contributed by atoms with van der Waals surface area (Å²) in [4.78, 5) is 170. The van der Waals surface area contributed by atoms with Crippen molar-refractivity contribution in [3.05, 3.63) is 29.7 Å². The Morgan fingerprint density at radius 3 is 0.983 bits per heavy atom. The summed E-state index contributed by atoms with van der Waals surface area (Å²) in [7, 11) is 0. The van der Waals surface area contributed by atoms with Crippen molar-refractivity contribution in [3.8, 4) is 10.6 Å². The van der Waals surface area contributed by atoms with E-state index in [-0.39, 0.29) is 191 Å². The van der Waals surface area contributed by atoms with Crippen molar-refractivity contribution in [2.24, 2.45) is 51.6 Å². The molecule has 0 aliphatic heterocycles. The first kappa shape index (κ1) is 100. The highest BCUT2D eigenvalue weighted by Gasteiger charge is 2.35. The number of nitrogens with zero attached hydrogens (tertiary/aromatic N) is 3. The van der Waals surface area contributed by atoms with E-state index in [0.717, 1.165) is 4.88 Å². The van der Waals surface area contributed by atoms with Crippen LogP contribution in [0.15, 0.2) is 24.8 Å². The number of unbranched alkanes of at least 4 members (excludes halogenated alkanes) is 5. The normalized spacial score (nSPS) is 12.8. The number of rotatable bonds is 62. The van der Waals surface area contributed by atoms with Crippen LogP contribution in [0, 0.1) is 37.9 Å². The zero-order chi connectivity index (χ0) is 88.0. The molecule has 11 amide bonds. The summed E-state index contributed by atoms with van der Waals surface area (Å²) in [5.41, 5.74) is 51.8. The molecule has 0 aromatic carbocycles. The molecule has 662 valence electrons. The molecule has 3 aromatic heterocycles. The summed E-state index contributed by atoms with van der Waals surface area (Å²) in [5.74, 6) is -10.5. The van der Waals surface area contributed by atoms with Gasteiger partial charge in [-0.2, -0.15) is 0 Å². The standard InChI is InChI=1S/C70H125N37O11S/c71-28-6-5-16-40(54(72)110)102-58(113)43(19-11-33-91-66(77)78)104-60(115)45(21-13-35-93-68(81)82)106-62(117)47(23-15-37-95-70(85)86)107-61(116)46(22-14-36-94-69(83)84)105-59(114)44(20-12-34-92-67(79)80)103-57(112)42(18-10-32-90-65(75)76)101-51(109)25-3-1-7-29-87-56(111)41(17-9-31-89-64(73)74)100-50(108)24-4-2-8-30-88-63(118)49-27-26-48(119-49)52-53-55(98-38-96-52)99-39-97-53/h26-27,38-47H,1-25,28-37,71H2,(H2,72,110)(H,87,111)(H,88,118)(H,100,108)(H,101,109)(H,102,113)(H,103,112)(H,104,115)(H,105,114)(H,106,117)(H,107,116)(H4,73,74,89)(H4,75,76,90)(H4,77,78,91)(H4,79,80,92)(H4,81,82,93)(H4,83,84,94)(H4,85,86,95)(H,96,97,98,99)/t40-,41-,42-,43-,44-,45-,46-,47-/m1/s1. The molecule has 3 heterocycles. The molecule has 119 heavy (non-hydrogen) atoms. The molecular weight excluding hydrogens is 1570 g/mol. The van der Waals surface area contributed by atoms with Crippen LogP contribution < -0.4 is 142 Å². The van der Waals surface area contributed by atoms with Gasteiger partial charge < -0.3 is 147 Å².